The van der Waals surface area contributed by atoms with E-state index in [1.54, 1.807) is 64.8 Å². The van der Waals surface area contributed by atoms with Crippen molar-refractivity contribution in [3.05, 3.63) is 113 Å². The van der Waals surface area contributed by atoms with Gasteiger partial charge in [-0.25, -0.2) is 4.85 Å². The summed E-state index contributed by atoms with van der Waals surface area (Å²) in [4.78, 5) is 10.7. The molecule has 2 aliphatic rings. The molecule has 2 aliphatic heterocycles. The molecule has 2 heterocycles. The normalized spacial score (nSPS) is 13.3. The molecule has 4 aromatic rings. The van der Waals surface area contributed by atoms with E-state index in [4.69, 9.17) is 40.3 Å². The SMILES string of the molecule is COc1ccc(CCN2CCN(CCOc3ccc(C#N)cc3)CC2)cc1OC.COc1ccc(CCN2CCNCC2)cc1OC.Cl.Cl.Cl.Cl.[C-]#[N+]c1ccc(OCCBr)cc1. The van der Waals surface area contributed by atoms with E-state index in [0.29, 0.717) is 24.5 Å². The van der Waals surface area contributed by atoms with Crippen molar-refractivity contribution in [3.63, 3.8) is 0 Å². The van der Waals surface area contributed by atoms with Gasteiger partial charge in [0.05, 0.1) is 53.3 Å². The van der Waals surface area contributed by atoms with Crippen molar-refractivity contribution in [2.45, 2.75) is 12.8 Å². The van der Waals surface area contributed by atoms with Crippen molar-refractivity contribution < 1.29 is 28.4 Å². The highest BCUT2D eigenvalue weighted by Gasteiger charge is 2.17. The smallest absolute Gasteiger partial charge is 0.187 e. The van der Waals surface area contributed by atoms with Gasteiger partial charge in [0.2, 0.25) is 0 Å². The van der Waals surface area contributed by atoms with Gasteiger partial charge >= 0.3 is 0 Å². The molecule has 1 N–H and O–H groups in total. The van der Waals surface area contributed by atoms with E-state index in [1.165, 1.54) is 11.1 Å². The molecule has 0 spiro atoms. The van der Waals surface area contributed by atoms with Crippen LogP contribution < -0.4 is 33.7 Å². The Hall–Kier alpha value is -3.86. The summed E-state index contributed by atoms with van der Waals surface area (Å²) in [5, 5.41) is 13.0. The number of methoxy groups -OCH3 is 4. The lowest BCUT2D eigenvalue weighted by atomic mass is 10.1. The Balaban J connectivity index is 0.000000973. The number of halogens is 5. The Labute approximate surface area is 408 Å². The highest BCUT2D eigenvalue weighted by molar-refractivity contribution is 9.09. The summed E-state index contributed by atoms with van der Waals surface area (Å²) in [7, 11) is 6.68. The van der Waals surface area contributed by atoms with Gasteiger partial charge in [0, 0.05) is 77.3 Å². The molecule has 0 unspecified atom stereocenters. The summed E-state index contributed by atoms with van der Waals surface area (Å²) in [6.45, 7) is 19.9. The van der Waals surface area contributed by atoms with Gasteiger partial charge in [0.15, 0.2) is 28.7 Å². The summed E-state index contributed by atoms with van der Waals surface area (Å²) >= 11 is 3.26. The lowest BCUT2D eigenvalue weighted by Gasteiger charge is -2.34. The molecular formula is C46H63BrCl4N6O6. The zero-order valence-electron chi connectivity index (χ0n) is 36.6. The van der Waals surface area contributed by atoms with Crippen LogP contribution in [0.3, 0.4) is 0 Å². The van der Waals surface area contributed by atoms with Crippen molar-refractivity contribution in [1.82, 2.24) is 20.0 Å². The molecule has 348 valence electrons. The van der Waals surface area contributed by atoms with Gasteiger partial charge in [-0.3, -0.25) is 4.90 Å². The zero-order valence-corrected chi connectivity index (χ0v) is 41.4. The largest absolute Gasteiger partial charge is 0.493 e. The Morgan fingerprint density at radius 2 is 1.02 bits per heavy atom. The summed E-state index contributed by atoms with van der Waals surface area (Å²) in [5.74, 6) is 4.79. The van der Waals surface area contributed by atoms with E-state index < -0.39 is 0 Å². The number of piperazine rings is 2. The molecule has 0 saturated carbocycles. The molecule has 0 amide bonds. The topological polar surface area (TPSA) is 105 Å². The number of benzene rings is 4. The van der Waals surface area contributed by atoms with Crippen LogP contribution in [0.15, 0.2) is 84.9 Å². The second-order valence-electron chi connectivity index (χ2n) is 13.8. The number of nitrogens with one attached hydrogen (secondary N) is 1. The van der Waals surface area contributed by atoms with E-state index in [-0.39, 0.29) is 49.6 Å². The summed E-state index contributed by atoms with van der Waals surface area (Å²) in [6, 6.07) is 28.8. The average Bonchev–Trinajstić information content (AvgIpc) is 3.30. The van der Waals surface area contributed by atoms with Crippen LogP contribution >= 0.6 is 65.6 Å². The third kappa shape index (κ3) is 21.6. The Morgan fingerprint density at radius 3 is 1.44 bits per heavy atom. The fourth-order valence-electron chi connectivity index (χ4n) is 6.51. The first-order valence-corrected chi connectivity index (χ1v) is 21.1. The molecule has 0 bridgehead atoms. The molecule has 2 fully saturated rings. The van der Waals surface area contributed by atoms with Crippen molar-refractivity contribution in [1.29, 1.82) is 5.26 Å². The van der Waals surface area contributed by atoms with Crippen LogP contribution in [0.4, 0.5) is 5.69 Å². The first-order valence-electron chi connectivity index (χ1n) is 20.0. The van der Waals surface area contributed by atoms with Crippen molar-refractivity contribution >= 4 is 71.2 Å². The molecule has 12 nitrogen and oxygen atoms in total. The molecule has 2 saturated heterocycles. The van der Waals surface area contributed by atoms with E-state index in [9.17, 15) is 0 Å². The summed E-state index contributed by atoms with van der Waals surface area (Å²) in [5.41, 5.74) is 3.86. The number of alkyl halides is 1. The van der Waals surface area contributed by atoms with Gasteiger partial charge in [-0.05, 0) is 84.6 Å². The van der Waals surface area contributed by atoms with Crippen molar-refractivity contribution in [3.8, 4) is 40.6 Å². The fourth-order valence-corrected chi connectivity index (χ4v) is 6.67. The molecule has 0 aliphatic carbocycles. The monoisotopic (exact) mass is 1010 g/mol. The van der Waals surface area contributed by atoms with Gasteiger partial charge in [-0.1, -0.05) is 40.2 Å². The first-order chi connectivity index (χ1) is 28.9. The lowest BCUT2D eigenvalue weighted by Crippen LogP contribution is -2.47. The Kier molecular flexibility index (Phi) is 32.4. The quantitative estimate of drug-likeness (QED) is 0.0812. The lowest BCUT2D eigenvalue weighted by molar-refractivity contribution is 0.118. The molecular weight excluding hydrogens is 954 g/mol. The van der Waals surface area contributed by atoms with E-state index in [2.05, 4.69) is 71.1 Å². The van der Waals surface area contributed by atoms with E-state index >= 15 is 0 Å². The number of rotatable bonds is 17. The maximum absolute atomic E-state index is 8.83. The minimum Gasteiger partial charge on any atom is -0.493 e. The average molecular weight is 1020 g/mol. The van der Waals surface area contributed by atoms with Gasteiger partial charge in [-0.15, -0.1) is 49.6 Å². The number of ether oxygens (including phenoxy) is 6. The number of hydrogen-bond acceptors (Lipinski definition) is 11. The number of nitriles is 1. The minimum atomic E-state index is 0. The maximum Gasteiger partial charge on any atom is 0.187 e. The van der Waals surface area contributed by atoms with Crippen LogP contribution in [0.2, 0.25) is 0 Å². The minimum absolute atomic E-state index is 0. The first kappa shape index (κ1) is 59.1. The van der Waals surface area contributed by atoms with E-state index in [0.717, 1.165) is 125 Å². The standard InChI is InChI=1S/C23H29N3O3.C14H22N2O2.C9H8BrNO.4ClH/c1-27-22-8-5-19(17-23(22)28-2)9-10-25-11-13-26(14-12-25)15-16-29-21-6-3-20(18-24)4-7-21;1-17-13-4-3-12(11-14(13)18-2)5-8-16-9-6-15-7-10-16;1-11-8-2-4-9(5-3-8)12-7-6-10;;;;/h3-8,17H,9-16H2,1-2H3;3-4,11,15H,5-10H2,1-2H3;2-5H,6-7H2;4*1H. The van der Waals surface area contributed by atoms with Crippen LogP contribution in [-0.2, 0) is 12.8 Å². The van der Waals surface area contributed by atoms with Gasteiger partial charge in [0.1, 0.15) is 18.1 Å². The predicted molar refractivity (Wildman–Crippen MR) is 266 cm³/mol. The molecule has 6 rings (SSSR count). The fraction of sp³-hybridized carbons (Fsp3) is 0.435. The molecule has 17 heteroatoms. The van der Waals surface area contributed by atoms with Crippen LogP contribution in [-0.4, -0.2) is 134 Å². The number of hydrogen-bond donors (Lipinski definition) is 1. The zero-order chi connectivity index (χ0) is 42.1. The third-order valence-corrected chi connectivity index (χ3v) is 10.3. The van der Waals surface area contributed by atoms with Crippen LogP contribution in [0.25, 0.3) is 4.85 Å². The molecule has 63 heavy (non-hydrogen) atoms. The number of nitrogens with zero attached hydrogens (tertiary/aromatic N) is 5. The third-order valence-electron chi connectivity index (χ3n) is 9.98. The highest BCUT2D eigenvalue weighted by Crippen LogP contribution is 2.29. The Bertz CT molecular complexity index is 1890. The highest BCUT2D eigenvalue weighted by atomic mass is 79.9. The Morgan fingerprint density at radius 1 is 0.587 bits per heavy atom. The molecule has 0 radical (unpaired) electrons. The molecule has 4 aromatic carbocycles. The van der Waals surface area contributed by atoms with Gasteiger partial charge in [-0.2, -0.15) is 5.26 Å². The van der Waals surface area contributed by atoms with Crippen LogP contribution in [0, 0.1) is 17.9 Å². The molecule has 0 aromatic heterocycles. The van der Waals surface area contributed by atoms with E-state index in [1.807, 2.05) is 24.3 Å². The molecule has 0 atom stereocenters. The second-order valence-corrected chi connectivity index (χ2v) is 14.6. The predicted octanol–water partition coefficient (Wildman–Crippen LogP) is 8.66. The van der Waals surface area contributed by atoms with Crippen molar-refractivity contribution in [2.24, 2.45) is 0 Å². The van der Waals surface area contributed by atoms with Crippen LogP contribution in [0.5, 0.6) is 34.5 Å². The summed E-state index contributed by atoms with van der Waals surface area (Å²) in [6.07, 6.45) is 2.06. The van der Waals surface area contributed by atoms with Gasteiger partial charge < -0.3 is 43.5 Å². The van der Waals surface area contributed by atoms with Crippen molar-refractivity contribution in [2.75, 3.05) is 119 Å². The maximum atomic E-state index is 8.83. The summed E-state index contributed by atoms with van der Waals surface area (Å²) < 4.78 is 32.4. The second kappa shape index (κ2) is 34.5. The van der Waals surface area contributed by atoms with Gasteiger partial charge in [0.25, 0.3) is 0 Å². The van der Waals surface area contributed by atoms with Crippen LogP contribution in [0.1, 0.15) is 16.7 Å².